The number of hydrogen-bond donors (Lipinski definition) is 1. The number of carboxylic acid groups (broad SMARTS) is 1. The molecule has 1 saturated carbocycles. The number of benzene rings is 1. The average Bonchev–Trinajstić information content (AvgIpc) is 3.60. The Labute approximate surface area is 199 Å². The molecule has 3 rings (SSSR count). The van der Waals surface area contributed by atoms with Gasteiger partial charge in [-0.1, -0.05) is 76.6 Å². The van der Waals surface area contributed by atoms with Crippen LogP contribution in [0.1, 0.15) is 77.8 Å². The van der Waals surface area contributed by atoms with Crippen molar-refractivity contribution < 1.29 is 14.3 Å². The van der Waals surface area contributed by atoms with Crippen LogP contribution >= 0.6 is 0 Å². The fourth-order valence-corrected chi connectivity index (χ4v) is 3.66. The summed E-state index contributed by atoms with van der Waals surface area (Å²) < 4.78 is 13.9. The van der Waals surface area contributed by atoms with E-state index in [0.29, 0.717) is 0 Å². The molecule has 33 heavy (non-hydrogen) atoms. The third kappa shape index (κ3) is 9.21. The van der Waals surface area contributed by atoms with E-state index in [1.165, 1.54) is 47.1 Å². The van der Waals surface area contributed by atoms with Crippen LogP contribution < -0.4 is 0 Å². The van der Waals surface area contributed by atoms with Crippen LogP contribution in [0.15, 0.2) is 78.5 Å². The maximum Gasteiger partial charge on any atom is 0.327 e. The molecule has 0 aromatic heterocycles. The van der Waals surface area contributed by atoms with Gasteiger partial charge in [-0.2, -0.15) is 0 Å². The van der Waals surface area contributed by atoms with Crippen molar-refractivity contribution in [2.24, 2.45) is 5.92 Å². The molecule has 2 nitrogen and oxygen atoms in total. The van der Waals surface area contributed by atoms with E-state index in [0.717, 1.165) is 30.4 Å². The third-order valence-electron chi connectivity index (χ3n) is 5.46. The normalized spacial score (nSPS) is 16.4. The standard InChI is InChI=1S/C25H29F.C3H4O2.C2H6/c1-4-6-7-9-20(8-5-2)16-24-18(3)22(14-12-19-10-11-19)25-17-21(26)13-15-23(24)25;1-2-3(4)5;1-2/h5-9,13,15-17,19H,4,10-12,14H2,1-3H3;2H,1H2,(H,4,5);1-2H3/b7-6+,8-5-,20-9+,24-16-;;. The highest BCUT2D eigenvalue weighted by atomic mass is 19.1. The maximum absolute atomic E-state index is 13.9. The first kappa shape index (κ1) is 28.1. The second kappa shape index (κ2) is 15.0. The molecule has 3 heteroatoms. The monoisotopic (exact) mass is 450 g/mol. The van der Waals surface area contributed by atoms with Crippen LogP contribution in [-0.4, -0.2) is 11.1 Å². The summed E-state index contributed by atoms with van der Waals surface area (Å²) in [7, 11) is 0. The van der Waals surface area contributed by atoms with Gasteiger partial charge in [0.05, 0.1) is 0 Å². The summed E-state index contributed by atoms with van der Waals surface area (Å²) in [5, 5.41) is 7.60. The molecule has 0 radical (unpaired) electrons. The SMILES string of the molecule is C=CC(=O)O.CC.C\C=C/C(=C\C=C\CC)/C=C1/C(C)=C(CCC2CC2)c2cc(F)ccc21. The molecule has 1 fully saturated rings. The molecule has 178 valence electrons. The van der Waals surface area contributed by atoms with Crippen molar-refractivity contribution in [1.29, 1.82) is 0 Å². The van der Waals surface area contributed by atoms with Crippen molar-refractivity contribution in [2.75, 3.05) is 0 Å². The van der Waals surface area contributed by atoms with E-state index >= 15 is 0 Å². The molecule has 1 N–H and O–H groups in total. The van der Waals surface area contributed by atoms with Crippen LogP contribution in [0.5, 0.6) is 0 Å². The Morgan fingerprint density at radius 3 is 2.45 bits per heavy atom. The molecular formula is C30H39FO2. The number of rotatable bonds is 8. The van der Waals surface area contributed by atoms with Gasteiger partial charge in [-0.3, -0.25) is 0 Å². The van der Waals surface area contributed by atoms with Gasteiger partial charge in [0.25, 0.3) is 0 Å². The number of fused-ring (bicyclic) bond motifs is 1. The molecule has 0 bridgehead atoms. The number of aliphatic carboxylic acids is 1. The maximum atomic E-state index is 13.9. The molecule has 0 spiro atoms. The lowest BCUT2D eigenvalue weighted by Crippen LogP contribution is -1.88. The van der Waals surface area contributed by atoms with Crippen LogP contribution in [0, 0.1) is 11.7 Å². The Kier molecular flexibility index (Phi) is 12.8. The molecule has 0 saturated heterocycles. The summed E-state index contributed by atoms with van der Waals surface area (Å²) in [6, 6.07) is 5.25. The lowest BCUT2D eigenvalue weighted by atomic mass is 9.99. The number of allylic oxidation sites excluding steroid dienone is 10. The Bertz CT molecular complexity index is 954. The molecule has 0 aliphatic heterocycles. The summed E-state index contributed by atoms with van der Waals surface area (Å²) in [6.45, 7) is 13.3. The predicted molar refractivity (Wildman–Crippen MR) is 140 cm³/mol. The van der Waals surface area contributed by atoms with E-state index in [4.69, 9.17) is 5.11 Å². The van der Waals surface area contributed by atoms with Gasteiger partial charge in [-0.15, -0.1) is 0 Å². The third-order valence-corrected chi connectivity index (χ3v) is 5.46. The number of carboxylic acids is 1. The van der Waals surface area contributed by atoms with Crippen molar-refractivity contribution in [3.8, 4) is 0 Å². The molecule has 0 unspecified atom stereocenters. The largest absolute Gasteiger partial charge is 0.478 e. The summed E-state index contributed by atoms with van der Waals surface area (Å²) in [5.41, 5.74) is 7.32. The van der Waals surface area contributed by atoms with E-state index in [1.54, 1.807) is 12.1 Å². The van der Waals surface area contributed by atoms with E-state index < -0.39 is 5.97 Å². The molecule has 1 aromatic rings. The minimum atomic E-state index is -0.981. The fourth-order valence-electron chi connectivity index (χ4n) is 3.66. The van der Waals surface area contributed by atoms with Gasteiger partial charge in [0, 0.05) is 6.08 Å². The smallest absolute Gasteiger partial charge is 0.327 e. The molecule has 1 aromatic carbocycles. The highest BCUT2D eigenvalue weighted by molar-refractivity contribution is 6.00. The van der Waals surface area contributed by atoms with Gasteiger partial charge >= 0.3 is 5.97 Å². The minimum absolute atomic E-state index is 0.142. The van der Waals surface area contributed by atoms with Gasteiger partial charge in [-0.25, -0.2) is 9.18 Å². The van der Waals surface area contributed by atoms with Crippen LogP contribution in [0.3, 0.4) is 0 Å². The molecule has 0 amide bonds. The van der Waals surface area contributed by atoms with E-state index in [2.05, 4.69) is 56.9 Å². The van der Waals surface area contributed by atoms with E-state index in [1.807, 2.05) is 26.8 Å². The van der Waals surface area contributed by atoms with Crippen LogP contribution in [0.4, 0.5) is 4.39 Å². The Hall–Kier alpha value is -2.94. The van der Waals surface area contributed by atoms with Crippen LogP contribution in [-0.2, 0) is 4.79 Å². The molecule has 0 atom stereocenters. The first-order valence-corrected chi connectivity index (χ1v) is 12.0. The van der Waals surface area contributed by atoms with Crippen LogP contribution in [0.25, 0.3) is 11.1 Å². The number of hydrogen-bond acceptors (Lipinski definition) is 1. The van der Waals surface area contributed by atoms with Gasteiger partial charge < -0.3 is 5.11 Å². The van der Waals surface area contributed by atoms with Crippen molar-refractivity contribution in [1.82, 2.24) is 0 Å². The number of halogens is 1. The zero-order chi connectivity index (χ0) is 24.8. The first-order chi connectivity index (χ1) is 15.9. The summed E-state index contributed by atoms with van der Waals surface area (Å²) in [6.07, 6.45) is 19.7. The fraction of sp³-hybridized carbons (Fsp3) is 0.367. The van der Waals surface area contributed by atoms with E-state index in [9.17, 15) is 9.18 Å². The quantitative estimate of drug-likeness (QED) is 0.317. The van der Waals surface area contributed by atoms with Crippen molar-refractivity contribution in [2.45, 2.75) is 66.7 Å². The van der Waals surface area contributed by atoms with Crippen molar-refractivity contribution in [3.05, 3.63) is 95.4 Å². The van der Waals surface area contributed by atoms with Crippen molar-refractivity contribution in [3.63, 3.8) is 0 Å². The zero-order valence-electron chi connectivity index (χ0n) is 20.8. The van der Waals surface area contributed by atoms with Crippen LogP contribution in [0.2, 0.25) is 0 Å². The summed E-state index contributed by atoms with van der Waals surface area (Å²) >= 11 is 0. The lowest BCUT2D eigenvalue weighted by molar-refractivity contribution is -0.131. The lowest BCUT2D eigenvalue weighted by Gasteiger charge is -2.06. The molecule has 2 aliphatic carbocycles. The highest BCUT2D eigenvalue weighted by Crippen LogP contribution is 2.46. The average molecular weight is 451 g/mol. The summed E-state index contributed by atoms with van der Waals surface area (Å²) in [5.74, 6) is -0.236. The topological polar surface area (TPSA) is 37.3 Å². The van der Waals surface area contributed by atoms with Gasteiger partial charge in [0.15, 0.2) is 0 Å². The predicted octanol–water partition coefficient (Wildman–Crippen LogP) is 8.94. The molecule has 0 heterocycles. The second-order valence-electron chi connectivity index (χ2n) is 7.88. The molecule has 2 aliphatic rings. The number of carbonyl (C=O) groups is 1. The Morgan fingerprint density at radius 2 is 1.91 bits per heavy atom. The van der Waals surface area contributed by atoms with Gasteiger partial charge in [-0.05, 0) is 90.7 Å². The van der Waals surface area contributed by atoms with E-state index in [-0.39, 0.29) is 5.82 Å². The zero-order valence-corrected chi connectivity index (χ0v) is 20.8. The van der Waals surface area contributed by atoms with Gasteiger partial charge in [0.1, 0.15) is 5.82 Å². The first-order valence-electron chi connectivity index (χ1n) is 12.0. The minimum Gasteiger partial charge on any atom is -0.478 e. The summed E-state index contributed by atoms with van der Waals surface area (Å²) in [4.78, 5) is 9.25. The second-order valence-corrected chi connectivity index (χ2v) is 7.88. The molecular weight excluding hydrogens is 411 g/mol. The highest BCUT2D eigenvalue weighted by Gasteiger charge is 2.27. The van der Waals surface area contributed by atoms with Gasteiger partial charge in [0.2, 0.25) is 0 Å². The van der Waals surface area contributed by atoms with Crippen molar-refractivity contribution >= 4 is 17.1 Å². The Balaban J connectivity index is 0.000000689. The Morgan fingerprint density at radius 1 is 1.24 bits per heavy atom.